The second kappa shape index (κ2) is 6.72. The van der Waals surface area contributed by atoms with Crippen LogP contribution in [0.5, 0.6) is 5.75 Å². The average Bonchev–Trinajstić information content (AvgIpc) is 2.55. The number of ether oxygens (including phenoxy) is 1. The fraction of sp³-hybridized carbons (Fsp3) is 0.300. The number of carbonyl (C=O) groups excluding carboxylic acids is 2. The summed E-state index contributed by atoms with van der Waals surface area (Å²) in [6.07, 6.45) is 0.530. The summed E-state index contributed by atoms with van der Waals surface area (Å²) in [5.74, 6) is -0.547. The molecule has 1 amide bonds. The molecule has 26 heavy (non-hydrogen) atoms. The molecule has 0 saturated heterocycles. The molecule has 1 heterocycles. The maximum absolute atomic E-state index is 13.3. The molecule has 0 spiro atoms. The summed E-state index contributed by atoms with van der Waals surface area (Å²) in [6, 6.07) is 8.81. The first kappa shape index (κ1) is 18.4. The van der Waals surface area contributed by atoms with Gasteiger partial charge in [-0.05, 0) is 45.0 Å². The average molecular weight is 376 g/mol. The van der Waals surface area contributed by atoms with E-state index in [4.69, 9.17) is 16.3 Å². The number of rotatable bonds is 3. The molecule has 1 atom stereocenters. The zero-order chi connectivity index (χ0) is 19.1. The van der Waals surface area contributed by atoms with E-state index in [1.54, 1.807) is 12.1 Å². The van der Waals surface area contributed by atoms with Gasteiger partial charge in [0.05, 0.1) is 16.6 Å². The van der Waals surface area contributed by atoms with Crippen LogP contribution in [0.25, 0.3) is 0 Å². The van der Waals surface area contributed by atoms with Crippen molar-refractivity contribution < 1.29 is 18.7 Å². The van der Waals surface area contributed by atoms with Crippen LogP contribution in [0.2, 0.25) is 5.02 Å². The summed E-state index contributed by atoms with van der Waals surface area (Å²) >= 11 is 5.77. The number of amides is 1. The molecule has 0 aromatic heterocycles. The van der Waals surface area contributed by atoms with Crippen LogP contribution in [0.15, 0.2) is 36.4 Å². The van der Waals surface area contributed by atoms with E-state index in [-0.39, 0.29) is 28.3 Å². The second-order valence-corrected chi connectivity index (χ2v) is 7.41. The van der Waals surface area contributed by atoms with Crippen LogP contribution in [0.4, 0.5) is 4.39 Å². The summed E-state index contributed by atoms with van der Waals surface area (Å²) in [4.78, 5) is 24.5. The topological polar surface area (TPSA) is 55.4 Å². The van der Waals surface area contributed by atoms with Crippen molar-refractivity contribution in [2.45, 2.75) is 38.8 Å². The van der Waals surface area contributed by atoms with Gasteiger partial charge in [0, 0.05) is 17.5 Å². The molecule has 2 aromatic carbocycles. The van der Waals surface area contributed by atoms with Crippen LogP contribution < -0.4 is 10.1 Å². The van der Waals surface area contributed by atoms with Crippen molar-refractivity contribution >= 4 is 23.3 Å². The monoisotopic (exact) mass is 375 g/mol. The molecule has 1 aliphatic heterocycles. The zero-order valence-electron chi connectivity index (χ0n) is 14.7. The van der Waals surface area contributed by atoms with E-state index < -0.39 is 11.4 Å². The number of benzene rings is 2. The number of para-hydroxylation sites is 1. The molecule has 2 aromatic rings. The van der Waals surface area contributed by atoms with E-state index in [0.29, 0.717) is 17.7 Å². The SMILES string of the molecule is CC(=O)c1cccc2c1OC(C)(C)C[C@@H]2NC(=O)c1ccc(F)c(Cl)c1. The molecular weight excluding hydrogens is 357 g/mol. The second-order valence-electron chi connectivity index (χ2n) is 7.00. The Morgan fingerprint density at radius 3 is 2.65 bits per heavy atom. The van der Waals surface area contributed by atoms with Crippen LogP contribution in [-0.2, 0) is 0 Å². The fourth-order valence-corrected chi connectivity index (χ4v) is 3.33. The highest BCUT2D eigenvalue weighted by molar-refractivity contribution is 6.31. The molecule has 3 rings (SSSR count). The van der Waals surface area contributed by atoms with Gasteiger partial charge in [0.1, 0.15) is 17.2 Å². The molecule has 0 radical (unpaired) electrons. The number of fused-ring (bicyclic) bond motifs is 1. The first-order valence-corrected chi connectivity index (χ1v) is 8.64. The lowest BCUT2D eigenvalue weighted by Gasteiger charge is -2.38. The highest BCUT2D eigenvalue weighted by Crippen LogP contribution is 2.41. The Hall–Kier alpha value is -2.40. The van der Waals surface area contributed by atoms with Crippen molar-refractivity contribution in [2.24, 2.45) is 0 Å². The minimum atomic E-state index is -0.577. The molecule has 0 bridgehead atoms. The lowest BCUT2D eigenvalue weighted by Crippen LogP contribution is -2.41. The minimum absolute atomic E-state index is 0.102. The molecule has 136 valence electrons. The van der Waals surface area contributed by atoms with Crippen LogP contribution >= 0.6 is 11.6 Å². The van der Waals surface area contributed by atoms with Gasteiger partial charge in [-0.25, -0.2) is 4.39 Å². The third-order valence-corrected chi connectivity index (χ3v) is 4.65. The molecule has 0 unspecified atom stereocenters. The van der Waals surface area contributed by atoms with Crippen LogP contribution in [0.1, 0.15) is 59.5 Å². The van der Waals surface area contributed by atoms with Gasteiger partial charge < -0.3 is 10.1 Å². The highest BCUT2D eigenvalue weighted by Gasteiger charge is 2.36. The number of carbonyl (C=O) groups is 2. The maximum Gasteiger partial charge on any atom is 0.251 e. The van der Waals surface area contributed by atoms with Crippen molar-refractivity contribution in [2.75, 3.05) is 0 Å². The summed E-state index contributed by atoms with van der Waals surface area (Å²) in [5.41, 5.74) is 0.944. The van der Waals surface area contributed by atoms with E-state index >= 15 is 0 Å². The number of ketones is 1. The van der Waals surface area contributed by atoms with Crippen molar-refractivity contribution in [3.8, 4) is 5.75 Å². The van der Waals surface area contributed by atoms with Gasteiger partial charge in [0.2, 0.25) is 0 Å². The molecule has 1 N–H and O–H groups in total. The predicted octanol–water partition coefficient (Wildman–Crippen LogP) is 4.71. The third kappa shape index (κ3) is 3.58. The first-order chi connectivity index (χ1) is 12.2. The van der Waals surface area contributed by atoms with Gasteiger partial charge >= 0.3 is 0 Å². The van der Waals surface area contributed by atoms with Crippen molar-refractivity contribution in [3.05, 3.63) is 63.9 Å². The lowest BCUT2D eigenvalue weighted by molar-refractivity contribution is 0.0606. The summed E-state index contributed by atoms with van der Waals surface area (Å²) in [5, 5.41) is 2.84. The maximum atomic E-state index is 13.3. The van der Waals surface area contributed by atoms with E-state index in [1.807, 2.05) is 19.9 Å². The molecule has 4 nitrogen and oxygen atoms in total. The molecule has 0 aliphatic carbocycles. The fourth-order valence-electron chi connectivity index (χ4n) is 3.15. The number of halogens is 2. The highest BCUT2D eigenvalue weighted by atomic mass is 35.5. The van der Waals surface area contributed by atoms with Crippen molar-refractivity contribution in [3.63, 3.8) is 0 Å². The largest absolute Gasteiger partial charge is 0.487 e. The first-order valence-electron chi connectivity index (χ1n) is 8.27. The summed E-state index contributed by atoms with van der Waals surface area (Å²) < 4.78 is 19.3. The Balaban J connectivity index is 1.96. The summed E-state index contributed by atoms with van der Waals surface area (Å²) in [7, 11) is 0. The van der Waals surface area contributed by atoms with E-state index in [9.17, 15) is 14.0 Å². The number of Topliss-reactive ketones (excluding diaryl/α,β-unsaturated/α-hetero) is 1. The lowest BCUT2D eigenvalue weighted by atomic mass is 9.87. The quantitative estimate of drug-likeness (QED) is 0.790. The van der Waals surface area contributed by atoms with Crippen LogP contribution in [0.3, 0.4) is 0 Å². The smallest absolute Gasteiger partial charge is 0.251 e. The van der Waals surface area contributed by atoms with Crippen LogP contribution in [-0.4, -0.2) is 17.3 Å². The third-order valence-electron chi connectivity index (χ3n) is 4.36. The van der Waals surface area contributed by atoms with Gasteiger partial charge in [-0.1, -0.05) is 23.7 Å². The predicted molar refractivity (Wildman–Crippen MR) is 97.4 cm³/mol. The van der Waals surface area contributed by atoms with E-state index in [0.717, 1.165) is 11.6 Å². The molecular formula is C20H19ClFNO3. The van der Waals surface area contributed by atoms with Gasteiger partial charge in [0.15, 0.2) is 5.78 Å². The Bertz CT molecular complexity index is 895. The molecule has 1 aliphatic rings. The normalized spacial score (nSPS) is 17.8. The number of nitrogens with one attached hydrogen (secondary N) is 1. The molecule has 0 fully saturated rings. The van der Waals surface area contributed by atoms with Gasteiger partial charge in [-0.15, -0.1) is 0 Å². The standard InChI is InChI=1S/C20H19ClFNO3/c1-11(24)13-5-4-6-14-17(10-20(2,3)26-18(13)14)23-19(25)12-7-8-16(22)15(21)9-12/h4-9,17H,10H2,1-3H3,(H,23,25)/t17-/m0/s1. The van der Waals surface area contributed by atoms with E-state index in [2.05, 4.69) is 5.32 Å². The van der Waals surface area contributed by atoms with Crippen molar-refractivity contribution in [1.82, 2.24) is 5.32 Å². The van der Waals surface area contributed by atoms with Crippen molar-refractivity contribution in [1.29, 1.82) is 0 Å². The molecule has 0 saturated carbocycles. The van der Waals surface area contributed by atoms with Gasteiger partial charge in [-0.2, -0.15) is 0 Å². The summed E-state index contributed by atoms with van der Waals surface area (Å²) in [6.45, 7) is 5.29. The zero-order valence-corrected chi connectivity index (χ0v) is 15.5. The molecule has 6 heteroatoms. The minimum Gasteiger partial charge on any atom is -0.487 e. The Kier molecular flexibility index (Phi) is 4.76. The van der Waals surface area contributed by atoms with E-state index in [1.165, 1.54) is 19.1 Å². The van der Waals surface area contributed by atoms with Crippen LogP contribution in [0, 0.1) is 5.82 Å². The van der Waals surface area contributed by atoms with Gasteiger partial charge in [0.25, 0.3) is 5.91 Å². The number of hydrogen-bond donors (Lipinski definition) is 1. The Labute approximate surface area is 156 Å². The Morgan fingerprint density at radius 2 is 2.00 bits per heavy atom. The number of hydrogen-bond acceptors (Lipinski definition) is 3. The van der Waals surface area contributed by atoms with Gasteiger partial charge in [-0.3, -0.25) is 9.59 Å². The Morgan fingerprint density at radius 1 is 1.27 bits per heavy atom.